The molecule has 1 unspecified atom stereocenters. The highest BCUT2D eigenvalue weighted by Crippen LogP contribution is 2.29. The van der Waals surface area contributed by atoms with Crippen molar-refractivity contribution in [1.29, 1.82) is 0 Å². The quantitative estimate of drug-likeness (QED) is 0.555. The molecule has 0 aliphatic carbocycles. The molecule has 0 radical (unpaired) electrons. The fourth-order valence-corrected chi connectivity index (χ4v) is 4.24. The second kappa shape index (κ2) is 10.0. The lowest BCUT2D eigenvalue weighted by Gasteiger charge is -2.37. The van der Waals surface area contributed by atoms with Crippen LogP contribution in [0.25, 0.3) is 10.9 Å². The van der Waals surface area contributed by atoms with E-state index in [4.69, 9.17) is 16.3 Å². The van der Waals surface area contributed by atoms with E-state index in [1.165, 1.54) is 0 Å². The van der Waals surface area contributed by atoms with E-state index in [-0.39, 0.29) is 11.5 Å². The summed E-state index contributed by atoms with van der Waals surface area (Å²) in [6, 6.07) is 8.11. The SMILES string of the molecule is CCOC(C)N1CCN(c2nc(Cl)nc(Nc3ccc4nc(C)cc(N(C)C)c4c3)n2)CC1. The summed E-state index contributed by atoms with van der Waals surface area (Å²) in [6.07, 6.45) is 0.106. The molecule has 0 bridgehead atoms. The molecule has 1 atom stereocenters. The van der Waals surface area contributed by atoms with Crippen LogP contribution in [-0.4, -0.2) is 77.9 Å². The molecule has 0 spiro atoms. The van der Waals surface area contributed by atoms with E-state index in [9.17, 15) is 0 Å². The fourth-order valence-electron chi connectivity index (χ4n) is 4.08. The van der Waals surface area contributed by atoms with Gasteiger partial charge in [0.05, 0.1) is 5.52 Å². The Balaban J connectivity index is 1.54. The summed E-state index contributed by atoms with van der Waals surface area (Å²) in [5.74, 6) is 0.995. The number of pyridine rings is 1. The number of halogens is 1. The number of hydrogen-bond donors (Lipinski definition) is 1. The van der Waals surface area contributed by atoms with Gasteiger partial charge < -0.3 is 19.9 Å². The van der Waals surface area contributed by atoms with Gasteiger partial charge in [-0.2, -0.15) is 15.0 Å². The molecular formula is C23H31ClN8O. The van der Waals surface area contributed by atoms with Gasteiger partial charge in [0, 0.05) is 69.3 Å². The lowest BCUT2D eigenvalue weighted by atomic mass is 10.1. The molecule has 33 heavy (non-hydrogen) atoms. The molecule has 1 aliphatic heterocycles. The van der Waals surface area contributed by atoms with Gasteiger partial charge >= 0.3 is 0 Å². The standard InChI is InChI=1S/C23H31ClN8O/c1-6-33-16(3)31-9-11-32(12-10-31)23-28-21(24)27-22(29-23)26-17-7-8-19-18(14-17)20(30(4)5)13-15(2)25-19/h7-8,13-14,16H,6,9-12H2,1-5H3,(H,26,27,28,29). The molecule has 1 N–H and O–H groups in total. The van der Waals surface area contributed by atoms with Crippen molar-refractivity contribution in [3.8, 4) is 0 Å². The lowest BCUT2D eigenvalue weighted by Crippen LogP contribution is -2.50. The summed E-state index contributed by atoms with van der Waals surface area (Å²) in [6.45, 7) is 10.2. The van der Waals surface area contributed by atoms with E-state index >= 15 is 0 Å². The van der Waals surface area contributed by atoms with E-state index in [1.807, 2.05) is 40.1 Å². The molecule has 1 aliphatic rings. The average Bonchev–Trinajstić information content (AvgIpc) is 2.78. The average molecular weight is 471 g/mol. The predicted molar refractivity (Wildman–Crippen MR) is 134 cm³/mol. The number of aromatic nitrogens is 4. The maximum Gasteiger partial charge on any atom is 0.233 e. The molecule has 1 aromatic carbocycles. The summed E-state index contributed by atoms with van der Waals surface area (Å²) < 4.78 is 5.71. The van der Waals surface area contributed by atoms with Crippen LogP contribution in [0.5, 0.6) is 0 Å². The molecule has 176 valence electrons. The Morgan fingerprint density at radius 2 is 1.85 bits per heavy atom. The first-order valence-electron chi connectivity index (χ1n) is 11.2. The Bertz CT molecular complexity index is 1120. The predicted octanol–water partition coefficient (Wildman–Crippen LogP) is 3.70. The number of hydrogen-bond acceptors (Lipinski definition) is 9. The van der Waals surface area contributed by atoms with Crippen LogP contribution >= 0.6 is 11.6 Å². The van der Waals surface area contributed by atoms with Crippen molar-refractivity contribution in [3.05, 3.63) is 35.2 Å². The number of rotatable bonds is 7. The number of anilines is 4. The summed E-state index contributed by atoms with van der Waals surface area (Å²) in [5.41, 5.74) is 3.89. The minimum Gasteiger partial charge on any atom is -0.377 e. The third-order valence-corrected chi connectivity index (χ3v) is 5.94. The first-order valence-corrected chi connectivity index (χ1v) is 11.6. The molecule has 1 saturated heterocycles. The largest absolute Gasteiger partial charge is 0.377 e. The zero-order valence-electron chi connectivity index (χ0n) is 19.8. The summed E-state index contributed by atoms with van der Waals surface area (Å²) in [5, 5.41) is 4.51. The van der Waals surface area contributed by atoms with Crippen LogP contribution in [0.15, 0.2) is 24.3 Å². The molecule has 4 rings (SSSR count). The van der Waals surface area contributed by atoms with Crippen LogP contribution in [0.3, 0.4) is 0 Å². The Kier molecular flexibility index (Phi) is 7.11. The molecule has 1 fully saturated rings. The zero-order chi connectivity index (χ0) is 23.5. The van der Waals surface area contributed by atoms with Gasteiger partial charge in [-0.15, -0.1) is 0 Å². The maximum absolute atomic E-state index is 6.26. The second-order valence-corrected chi connectivity index (χ2v) is 8.68. The Morgan fingerprint density at radius 1 is 1.09 bits per heavy atom. The van der Waals surface area contributed by atoms with E-state index in [0.717, 1.165) is 54.2 Å². The highest BCUT2D eigenvalue weighted by molar-refractivity contribution is 6.28. The van der Waals surface area contributed by atoms with Gasteiger partial charge in [0.25, 0.3) is 0 Å². The number of fused-ring (bicyclic) bond motifs is 1. The Labute approximate surface area is 199 Å². The summed E-state index contributed by atoms with van der Waals surface area (Å²) in [4.78, 5) is 24.5. The van der Waals surface area contributed by atoms with Crippen LogP contribution in [0.2, 0.25) is 5.28 Å². The van der Waals surface area contributed by atoms with Crippen molar-refractivity contribution in [1.82, 2.24) is 24.8 Å². The van der Waals surface area contributed by atoms with Crippen LogP contribution in [0, 0.1) is 6.92 Å². The smallest absolute Gasteiger partial charge is 0.233 e. The molecule has 2 aromatic heterocycles. The van der Waals surface area contributed by atoms with Gasteiger partial charge in [-0.1, -0.05) is 0 Å². The number of nitrogens with one attached hydrogen (secondary N) is 1. The fraction of sp³-hybridized carbons (Fsp3) is 0.478. The third-order valence-electron chi connectivity index (χ3n) is 5.77. The van der Waals surface area contributed by atoms with Gasteiger partial charge in [0.1, 0.15) is 6.23 Å². The van der Waals surface area contributed by atoms with Gasteiger partial charge in [0.2, 0.25) is 17.2 Å². The number of piperazine rings is 1. The van der Waals surface area contributed by atoms with Crippen LogP contribution in [0.4, 0.5) is 23.3 Å². The van der Waals surface area contributed by atoms with Crippen LogP contribution in [0.1, 0.15) is 19.5 Å². The lowest BCUT2D eigenvalue weighted by molar-refractivity contribution is -0.0441. The number of ether oxygens (including phenoxy) is 1. The van der Waals surface area contributed by atoms with Gasteiger partial charge in [0.15, 0.2) is 0 Å². The summed E-state index contributed by atoms with van der Waals surface area (Å²) >= 11 is 6.26. The molecule has 0 saturated carbocycles. The highest BCUT2D eigenvalue weighted by atomic mass is 35.5. The third kappa shape index (κ3) is 5.43. The van der Waals surface area contributed by atoms with Crippen molar-refractivity contribution < 1.29 is 4.74 Å². The van der Waals surface area contributed by atoms with Crippen LogP contribution in [-0.2, 0) is 4.74 Å². The van der Waals surface area contributed by atoms with Crippen molar-refractivity contribution in [3.63, 3.8) is 0 Å². The van der Waals surface area contributed by atoms with Crippen molar-refractivity contribution in [2.75, 3.05) is 62.0 Å². The zero-order valence-corrected chi connectivity index (χ0v) is 20.6. The molecule has 0 amide bonds. The Hall–Kier alpha value is -2.75. The summed E-state index contributed by atoms with van der Waals surface area (Å²) in [7, 11) is 4.06. The number of aryl methyl sites for hydroxylation is 1. The van der Waals surface area contributed by atoms with Crippen molar-refractivity contribution in [2.45, 2.75) is 27.0 Å². The first-order chi connectivity index (χ1) is 15.8. The highest BCUT2D eigenvalue weighted by Gasteiger charge is 2.23. The van der Waals surface area contributed by atoms with Gasteiger partial charge in [-0.3, -0.25) is 9.88 Å². The molecule has 9 nitrogen and oxygen atoms in total. The first kappa shape index (κ1) is 23.4. The topological polar surface area (TPSA) is 82.5 Å². The van der Waals surface area contributed by atoms with Crippen molar-refractivity contribution in [2.24, 2.45) is 0 Å². The monoisotopic (exact) mass is 470 g/mol. The van der Waals surface area contributed by atoms with Gasteiger partial charge in [-0.05, 0) is 56.6 Å². The van der Waals surface area contributed by atoms with Crippen LogP contribution < -0.4 is 15.1 Å². The van der Waals surface area contributed by atoms with Gasteiger partial charge in [-0.25, -0.2) is 0 Å². The molecule has 3 heterocycles. The number of nitrogens with zero attached hydrogens (tertiary/aromatic N) is 7. The molecule has 3 aromatic rings. The normalized spacial score (nSPS) is 15.6. The van der Waals surface area contributed by atoms with E-state index < -0.39 is 0 Å². The van der Waals surface area contributed by atoms with E-state index in [1.54, 1.807) is 0 Å². The van der Waals surface area contributed by atoms with E-state index in [0.29, 0.717) is 18.5 Å². The van der Waals surface area contributed by atoms with Crippen molar-refractivity contribution >= 4 is 45.8 Å². The minimum atomic E-state index is 0.106. The number of benzene rings is 1. The second-order valence-electron chi connectivity index (χ2n) is 8.34. The maximum atomic E-state index is 6.26. The molecular weight excluding hydrogens is 440 g/mol. The van der Waals surface area contributed by atoms with E-state index in [2.05, 4.69) is 59.0 Å². The molecule has 10 heteroatoms. The minimum absolute atomic E-state index is 0.106. The Morgan fingerprint density at radius 3 is 2.55 bits per heavy atom.